The molecule has 1 aromatic carbocycles. The number of rotatable bonds is 0. The van der Waals surface area contributed by atoms with Gasteiger partial charge in [-0.1, -0.05) is 59.7 Å². The summed E-state index contributed by atoms with van der Waals surface area (Å²) in [6, 6.07) is 6.32. The van der Waals surface area contributed by atoms with Gasteiger partial charge in [0.25, 0.3) is 0 Å². The summed E-state index contributed by atoms with van der Waals surface area (Å²) in [5.41, 5.74) is 7.24. The van der Waals surface area contributed by atoms with E-state index in [4.69, 9.17) is 0 Å². The molecule has 0 fully saturated rings. The van der Waals surface area contributed by atoms with Gasteiger partial charge in [0, 0.05) is 30.2 Å². The first-order valence-electron chi connectivity index (χ1n) is 11.5. The number of allylic oxidation sites excluding steroid dienone is 1. The molecule has 1 aromatic rings. The smallest absolute Gasteiger partial charge is 0.0791 e. The van der Waals surface area contributed by atoms with Gasteiger partial charge in [0.1, 0.15) is 0 Å². The molecular weight excluding hydrogens is 354 g/mol. The molecule has 3 aliphatic rings. The van der Waals surface area contributed by atoms with Gasteiger partial charge in [0.15, 0.2) is 0 Å². The third-order valence-electron chi connectivity index (χ3n) is 4.75. The number of hydrogen-bond acceptors (Lipinski definition) is 3. The quantitative estimate of drug-likeness (QED) is 0.452. The van der Waals surface area contributed by atoms with Gasteiger partial charge < -0.3 is 4.90 Å². The molecule has 0 bridgehead atoms. The molecule has 0 aliphatic carbocycles. The molecule has 4 rings (SSSR count). The number of fused-ring (bicyclic) bond motifs is 1. The van der Waals surface area contributed by atoms with E-state index in [1.807, 2.05) is 47.8 Å². The summed E-state index contributed by atoms with van der Waals surface area (Å²) >= 11 is 0. The number of benzene rings is 1. The van der Waals surface area contributed by atoms with E-state index in [0.29, 0.717) is 0 Å². The van der Waals surface area contributed by atoms with Crippen LogP contribution in [0.1, 0.15) is 91.8 Å². The second-order valence-electron chi connectivity index (χ2n) is 7.48. The minimum atomic E-state index is 0.259. The predicted molar refractivity (Wildman–Crippen MR) is 133 cm³/mol. The molecule has 29 heavy (non-hydrogen) atoms. The summed E-state index contributed by atoms with van der Waals surface area (Å²) < 4.78 is 0. The molecule has 3 heterocycles. The zero-order chi connectivity index (χ0) is 22.4. The van der Waals surface area contributed by atoms with Gasteiger partial charge in [-0.15, -0.1) is 0 Å². The first-order valence-corrected chi connectivity index (χ1v) is 11.5. The van der Waals surface area contributed by atoms with Crippen molar-refractivity contribution in [2.45, 2.75) is 94.2 Å². The van der Waals surface area contributed by atoms with E-state index >= 15 is 0 Å². The van der Waals surface area contributed by atoms with Crippen molar-refractivity contribution in [1.29, 1.82) is 0 Å². The van der Waals surface area contributed by atoms with Crippen molar-refractivity contribution < 1.29 is 0 Å². The van der Waals surface area contributed by atoms with Crippen molar-refractivity contribution in [3.8, 4) is 0 Å². The first kappa shape index (κ1) is 27.1. The van der Waals surface area contributed by atoms with Crippen LogP contribution in [-0.2, 0) is 6.54 Å². The zero-order valence-electron chi connectivity index (χ0n) is 20.8. The van der Waals surface area contributed by atoms with Crippen LogP contribution >= 0.6 is 0 Å². The molecule has 3 heteroatoms. The zero-order valence-corrected chi connectivity index (χ0v) is 20.8. The predicted octanol–water partition coefficient (Wildman–Crippen LogP) is 7.23. The molecule has 0 aromatic heterocycles. The van der Waals surface area contributed by atoms with Crippen LogP contribution in [0.3, 0.4) is 0 Å². The summed E-state index contributed by atoms with van der Waals surface area (Å²) in [6.45, 7) is 24.0. The summed E-state index contributed by atoms with van der Waals surface area (Å²) in [5.74, 6) is 0. The average molecular weight is 400 g/mol. The lowest BCUT2D eigenvalue weighted by molar-refractivity contribution is 0.172. The summed E-state index contributed by atoms with van der Waals surface area (Å²) in [5, 5.41) is 0. The second kappa shape index (κ2) is 14.1. The molecule has 0 saturated carbocycles. The van der Waals surface area contributed by atoms with Crippen LogP contribution in [0.2, 0.25) is 0 Å². The maximum atomic E-state index is 4.35. The highest BCUT2D eigenvalue weighted by molar-refractivity contribution is 5.85. The van der Waals surface area contributed by atoms with E-state index in [9.17, 15) is 0 Å². The minimum Gasteiger partial charge on any atom is -0.368 e. The number of aliphatic imine (C=N–C) groups is 2. The van der Waals surface area contributed by atoms with E-state index < -0.39 is 0 Å². The molecule has 0 spiro atoms. The Balaban J connectivity index is 0.000000438. The van der Waals surface area contributed by atoms with Gasteiger partial charge in [-0.3, -0.25) is 9.98 Å². The molecule has 3 aliphatic heterocycles. The Kier molecular flexibility index (Phi) is 13.2. The fourth-order valence-electron chi connectivity index (χ4n) is 3.49. The highest BCUT2D eigenvalue weighted by atomic mass is 15.2. The van der Waals surface area contributed by atoms with Crippen LogP contribution in [0.5, 0.6) is 0 Å². The Bertz CT molecular complexity index is 676. The number of nitrogens with zero attached hydrogens (tertiary/aromatic N) is 3. The Morgan fingerprint density at radius 3 is 2.07 bits per heavy atom. The Hall–Kier alpha value is -1.90. The lowest BCUT2D eigenvalue weighted by atomic mass is 9.97. The average Bonchev–Trinajstić information content (AvgIpc) is 3.42. The van der Waals surface area contributed by atoms with Gasteiger partial charge in [0.05, 0.1) is 13.1 Å². The lowest BCUT2D eigenvalue weighted by Gasteiger charge is -2.41. The maximum absolute atomic E-state index is 4.35. The van der Waals surface area contributed by atoms with Crippen molar-refractivity contribution in [2.75, 3.05) is 13.1 Å². The van der Waals surface area contributed by atoms with Gasteiger partial charge in [-0.05, 0) is 62.8 Å². The summed E-state index contributed by atoms with van der Waals surface area (Å²) in [4.78, 5) is 11.1. The second-order valence-corrected chi connectivity index (χ2v) is 7.48. The fourth-order valence-corrected chi connectivity index (χ4v) is 3.49. The SMILES string of the molecule is CC.CC.CC.CC(C)(C)N1CCCC2=C1CN=C2.Cc1cccc2c1CN=C2. The van der Waals surface area contributed by atoms with E-state index in [1.54, 1.807) is 0 Å². The minimum absolute atomic E-state index is 0.259. The highest BCUT2D eigenvalue weighted by Crippen LogP contribution is 2.30. The normalized spacial score (nSPS) is 15.4. The van der Waals surface area contributed by atoms with Gasteiger partial charge >= 0.3 is 0 Å². The summed E-state index contributed by atoms with van der Waals surface area (Å²) in [7, 11) is 0. The molecule has 0 N–H and O–H groups in total. The molecule has 0 saturated heterocycles. The summed E-state index contributed by atoms with van der Waals surface area (Å²) in [6.07, 6.45) is 6.52. The van der Waals surface area contributed by atoms with Crippen LogP contribution < -0.4 is 0 Å². The third-order valence-corrected chi connectivity index (χ3v) is 4.75. The number of aryl methyl sites for hydroxylation is 1. The van der Waals surface area contributed by atoms with Crippen LogP contribution in [0, 0.1) is 6.92 Å². The van der Waals surface area contributed by atoms with Crippen LogP contribution in [0.15, 0.2) is 39.5 Å². The van der Waals surface area contributed by atoms with Crippen LogP contribution in [-0.4, -0.2) is 36.0 Å². The van der Waals surface area contributed by atoms with Crippen molar-refractivity contribution in [2.24, 2.45) is 9.98 Å². The van der Waals surface area contributed by atoms with Gasteiger partial charge in [0.2, 0.25) is 0 Å². The van der Waals surface area contributed by atoms with Gasteiger partial charge in [-0.25, -0.2) is 0 Å². The van der Waals surface area contributed by atoms with E-state index in [-0.39, 0.29) is 5.54 Å². The highest BCUT2D eigenvalue weighted by Gasteiger charge is 2.29. The largest absolute Gasteiger partial charge is 0.368 e. The van der Waals surface area contributed by atoms with Crippen molar-refractivity contribution in [3.63, 3.8) is 0 Å². The molecule has 0 radical (unpaired) electrons. The molecule has 0 unspecified atom stereocenters. The number of hydrogen-bond donors (Lipinski definition) is 0. The molecule has 164 valence electrons. The lowest BCUT2D eigenvalue weighted by Crippen LogP contribution is -2.43. The molecule has 0 atom stereocenters. The Morgan fingerprint density at radius 1 is 0.862 bits per heavy atom. The third kappa shape index (κ3) is 7.79. The van der Waals surface area contributed by atoms with E-state index in [2.05, 4.69) is 67.0 Å². The maximum Gasteiger partial charge on any atom is 0.0791 e. The topological polar surface area (TPSA) is 28.0 Å². The monoisotopic (exact) mass is 399 g/mol. The standard InChI is InChI=1S/C11H18N2.C9H9N.3C2H6/c1-11(2,3)13-6-4-5-9-7-12-8-10(9)13;1-7-3-2-4-8-5-10-6-9(7)8;3*1-2/h7H,4-6,8H2,1-3H3;2-5H,6H2,1H3;3*1-2H3. The van der Waals surface area contributed by atoms with Gasteiger partial charge in [-0.2, -0.15) is 0 Å². The van der Waals surface area contributed by atoms with E-state index in [1.165, 1.54) is 47.3 Å². The molecule has 3 nitrogen and oxygen atoms in total. The molecular formula is C26H45N3. The molecule has 0 amide bonds. The van der Waals surface area contributed by atoms with Crippen LogP contribution in [0.25, 0.3) is 0 Å². The first-order chi connectivity index (χ1) is 14.0. The Labute approximate surface area is 181 Å². The van der Waals surface area contributed by atoms with Crippen molar-refractivity contribution in [3.05, 3.63) is 46.2 Å². The van der Waals surface area contributed by atoms with Crippen molar-refractivity contribution in [1.82, 2.24) is 4.90 Å². The van der Waals surface area contributed by atoms with Crippen molar-refractivity contribution >= 4 is 12.4 Å². The van der Waals surface area contributed by atoms with Crippen LogP contribution in [0.4, 0.5) is 0 Å². The fraction of sp³-hybridized carbons (Fsp3) is 0.615. The Morgan fingerprint density at radius 2 is 1.48 bits per heavy atom. The van der Waals surface area contributed by atoms with E-state index in [0.717, 1.165) is 13.1 Å².